The number of carbonyl (C=O) groups excluding carboxylic acids is 1. The molecule has 1 aromatic carbocycles. The van der Waals surface area contributed by atoms with Crippen LogP contribution in [0.3, 0.4) is 0 Å². The maximum Gasteiger partial charge on any atom is 0.253 e. The molecule has 1 amide bonds. The van der Waals surface area contributed by atoms with Crippen molar-refractivity contribution in [1.29, 1.82) is 0 Å². The summed E-state index contributed by atoms with van der Waals surface area (Å²) >= 11 is 3.48. The second-order valence-corrected chi connectivity index (χ2v) is 7.71. The van der Waals surface area contributed by atoms with Crippen molar-refractivity contribution in [2.75, 3.05) is 13.6 Å². The molecule has 132 valence electrons. The molecule has 1 fully saturated rings. The lowest BCUT2D eigenvalue weighted by Crippen LogP contribution is -2.41. The van der Waals surface area contributed by atoms with Crippen LogP contribution in [0.15, 0.2) is 40.9 Å². The minimum absolute atomic E-state index is 0.0539. The van der Waals surface area contributed by atoms with E-state index in [1.807, 2.05) is 43.3 Å². The Hall–Kier alpha value is -1.72. The fourth-order valence-corrected chi connectivity index (χ4v) is 3.33. The molecular formula is C20H24BrN3O. The summed E-state index contributed by atoms with van der Waals surface area (Å²) in [5.41, 5.74) is 3.29. The number of amides is 1. The molecule has 1 aliphatic rings. The first-order valence-corrected chi connectivity index (χ1v) is 9.48. The SMILES string of the molecule is Cc1nc(-c2cccc(Br)c2)ccc1C(=O)NCC(C)N(C)C1CC1. The summed E-state index contributed by atoms with van der Waals surface area (Å²) in [6, 6.07) is 12.8. The van der Waals surface area contributed by atoms with E-state index in [9.17, 15) is 4.79 Å². The average Bonchev–Trinajstić information content (AvgIpc) is 3.43. The third kappa shape index (κ3) is 4.47. The molecule has 1 atom stereocenters. The van der Waals surface area contributed by atoms with Crippen LogP contribution in [-0.2, 0) is 0 Å². The van der Waals surface area contributed by atoms with E-state index in [-0.39, 0.29) is 5.91 Å². The van der Waals surface area contributed by atoms with Crippen LogP contribution in [-0.4, -0.2) is 41.5 Å². The van der Waals surface area contributed by atoms with Gasteiger partial charge in [-0.15, -0.1) is 0 Å². The number of carbonyl (C=O) groups is 1. The molecule has 0 bridgehead atoms. The Morgan fingerprint density at radius 3 is 2.76 bits per heavy atom. The molecule has 0 saturated heterocycles. The van der Waals surface area contributed by atoms with Crippen molar-refractivity contribution in [1.82, 2.24) is 15.2 Å². The number of rotatable bonds is 6. The predicted molar refractivity (Wildman–Crippen MR) is 105 cm³/mol. The molecule has 1 aromatic heterocycles. The number of hydrogen-bond donors (Lipinski definition) is 1. The van der Waals surface area contributed by atoms with Crippen LogP contribution in [0.2, 0.25) is 0 Å². The smallest absolute Gasteiger partial charge is 0.253 e. The minimum Gasteiger partial charge on any atom is -0.350 e. The maximum absolute atomic E-state index is 12.5. The summed E-state index contributed by atoms with van der Waals surface area (Å²) in [5, 5.41) is 3.04. The molecule has 1 heterocycles. The zero-order valence-electron chi connectivity index (χ0n) is 14.9. The van der Waals surface area contributed by atoms with E-state index in [2.05, 4.69) is 45.1 Å². The lowest BCUT2D eigenvalue weighted by Gasteiger charge is -2.24. The third-order valence-corrected chi connectivity index (χ3v) is 5.32. The fourth-order valence-electron chi connectivity index (χ4n) is 2.93. The first-order valence-electron chi connectivity index (χ1n) is 8.69. The molecule has 0 radical (unpaired) electrons. The van der Waals surface area contributed by atoms with Gasteiger partial charge in [-0.3, -0.25) is 14.7 Å². The van der Waals surface area contributed by atoms with Crippen molar-refractivity contribution >= 4 is 21.8 Å². The zero-order valence-corrected chi connectivity index (χ0v) is 16.5. The highest BCUT2D eigenvalue weighted by molar-refractivity contribution is 9.10. The van der Waals surface area contributed by atoms with Gasteiger partial charge in [-0.1, -0.05) is 28.1 Å². The van der Waals surface area contributed by atoms with Crippen molar-refractivity contribution in [2.24, 2.45) is 0 Å². The Bertz CT molecular complexity index is 773. The van der Waals surface area contributed by atoms with E-state index in [1.54, 1.807) is 0 Å². The number of likely N-dealkylation sites (N-methyl/N-ethyl adjacent to an activating group) is 1. The van der Waals surface area contributed by atoms with Gasteiger partial charge in [-0.25, -0.2) is 0 Å². The number of pyridine rings is 1. The van der Waals surface area contributed by atoms with Crippen LogP contribution in [0.4, 0.5) is 0 Å². The first kappa shape index (κ1) is 18.1. The molecule has 1 N–H and O–H groups in total. The van der Waals surface area contributed by atoms with E-state index < -0.39 is 0 Å². The number of hydrogen-bond acceptors (Lipinski definition) is 3. The van der Waals surface area contributed by atoms with Crippen LogP contribution in [0.25, 0.3) is 11.3 Å². The highest BCUT2D eigenvalue weighted by atomic mass is 79.9. The van der Waals surface area contributed by atoms with Gasteiger partial charge in [-0.2, -0.15) is 0 Å². The number of nitrogens with one attached hydrogen (secondary N) is 1. The van der Waals surface area contributed by atoms with Gasteiger partial charge in [0.2, 0.25) is 0 Å². The third-order valence-electron chi connectivity index (χ3n) is 4.83. The van der Waals surface area contributed by atoms with Gasteiger partial charge in [0.05, 0.1) is 17.0 Å². The Labute approximate surface area is 157 Å². The van der Waals surface area contributed by atoms with Gasteiger partial charge in [0.15, 0.2) is 0 Å². The molecule has 3 rings (SSSR count). The summed E-state index contributed by atoms with van der Waals surface area (Å²) < 4.78 is 1.01. The summed E-state index contributed by atoms with van der Waals surface area (Å²) in [6.45, 7) is 4.69. The molecule has 1 unspecified atom stereocenters. The van der Waals surface area contributed by atoms with Crippen LogP contribution >= 0.6 is 15.9 Å². The molecule has 0 spiro atoms. The average molecular weight is 402 g/mol. The molecule has 4 nitrogen and oxygen atoms in total. The van der Waals surface area contributed by atoms with E-state index >= 15 is 0 Å². The lowest BCUT2D eigenvalue weighted by molar-refractivity contribution is 0.0938. The normalized spacial score (nSPS) is 15.2. The Morgan fingerprint density at radius 2 is 2.12 bits per heavy atom. The topological polar surface area (TPSA) is 45.2 Å². The highest BCUT2D eigenvalue weighted by Crippen LogP contribution is 2.26. The Kier molecular flexibility index (Phi) is 5.54. The van der Waals surface area contributed by atoms with Gasteiger partial charge in [-0.05, 0) is 58.0 Å². The largest absolute Gasteiger partial charge is 0.350 e. The van der Waals surface area contributed by atoms with Gasteiger partial charge in [0, 0.05) is 28.7 Å². The lowest BCUT2D eigenvalue weighted by atomic mass is 10.1. The predicted octanol–water partition coefficient (Wildman–Crippen LogP) is 4.03. The van der Waals surface area contributed by atoms with Gasteiger partial charge >= 0.3 is 0 Å². The summed E-state index contributed by atoms with van der Waals surface area (Å²) in [5.74, 6) is -0.0539. The highest BCUT2D eigenvalue weighted by Gasteiger charge is 2.29. The molecule has 25 heavy (non-hydrogen) atoms. The number of benzene rings is 1. The Morgan fingerprint density at radius 1 is 1.36 bits per heavy atom. The fraction of sp³-hybridized carbons (Fsp3) is 0.400. The van der Waals surface area contributed by atoms with Crippen LogP contribution < -0.4 is 5.32 Å². The van der Waals surface area contributed by atoms with Crippen LogP contribution in [0.1, 0.15) is 35.8 Å². The second kappa shape index (κ2) is 7.67. The number of halogens is 1. The molecule has 1 saturated carbocycles. The summed E-state index contributed by atoms with van der Waals surface area (Å²) in [7, 11) is 2.13. The number of aromatic nitrogens is 1. The van der Waals surface area contributed by atoms with Crippen molar-refractivity contribution in [3.05, 3.63) is 52.1 Å². The molecular weight excluding hydrogens is 378 g/mol. The van der Waals surface area contributed by atoms with E-state index in [4.69, 9.17) is 0 Å². The zero-order chi connectivity index (χ0) is 18.0. The van der Waals surface area contributed by atoms with Gasteiger partial charge in [0.1, 0.15) is 0 Å². The maximum atomic E-state index is 12.5. The van der Waals surface area contributed by atoms with Crippen molar-refractivity contribution in [3.63, 3.8) is 0 Å². The van der Waals surface area contributed by atoms with E-state index in [0.29, 0.717) is 24.2 Å². The molecule has 1 aliphatic carbocycles. The Balaban J connectivity index is 1.66. The minimum atomic E-state index is -0.0539. The van der Waals surface area contributed by atoms with Crippen molar-refractivity contribution < 1.29 is 4.79 Å². The standard InChI is InChI=1S/C20H24BrN3O/c1-13(24(3)17-7-8-17)12-22-20(25)18-9-10-19(23-14(18)2)15-5-4-6-16(21)11-15/h4-6,9-11,13,17H,7-8,12H2,1-3H3,(H,22,25). The van der Waals surface area contributed by atoms with Crippen molar-refractivity contribution in [2.45, 2.75) is 38.8 Å². The monoisotopic (exact) mass is 401 g/mol. The molecule has 0 aliphatic heterocycles. The number of nitrogens with zero attached hydrogens (tertiary/aromatic N) is 2. The molecule has 2 aromatic rings. The van der Waals surface area contributed by atoms with E-state index in [1.165, 1.54) is 12.8 Å². The van der Waals surface area contributed by atoms with Crippen LogP contribution in [0, 0.1) is 6.92 Å². The first-order chi connectivity index (χ1) is 12.0. The van der Waals surface area contributed by atoms with Gasteiger partial charge < -0.3 is 5.32 Å². The van der Waals surface area contributed by atoms with Gasteiger partial charge in [0.25, 0.3) is 5.91 Å². The van der Waals surface area contributed by atoms with Crippen molar-refractivity contribution in [3.8, 4) is 11.3 Å². The quantitative estimate of drug-likeness (QED) is 0.794. The van der Waals surface area contributed by atoms with E-state index in [0.717, 1.165) is 21.4 Å². The summed E-state index contributed by atoms with van der Waals surface area (Å²) in [6.07, 6.45) is 2.55. The second-order valence-electron chi connectivity index (χ2n) is 6.80. The summed E-state index contributed by atoms with van der Waals surface area (Å²) in [4.78, 5) is 19.5. The van der Waals surface area contributed by atoms with Crippen LogP contribution in [0.5, 0.6) is 0 Å². The number of aryl methyl sites for hydroxylation is 1. The molecule has 5 heteroatoms.